The van der Waals surface area contributed by atoms with Gasteiger partial charge in [-0.05, 0) is 24.8 Å². The van der Waals surface area contributed by atoms with Gasteiger partial charge < -0.3 is 11.1 Å². The molecule has 0 amide bonds. The van der Waals surface area contributed by atoms with Crippen molar-refractivity contribution in [1.29, 1.82) is 0 Å². The Morgan fingerprint density at radius 3 is 2.31 bits per heavy atom. The summed E-state index contributed by atoms with van der Waals surface area (Å²) in [6.07, 6.45) is 5.23. The first-order valence-electron chi connectivity index (χ1n) is 5.53. The van der Waals surface area contributed by atoms with Gasteiger partial charge in [-0.25, -0.2) is 0 Å². The largest absolute Gasteiger partial charge is 0.329 e. The lowest BCUT2D eigenvalue weighted by molar-refractivity contribution is 0.0709. The van der Waals surface area contributed by atoms with Gasteiger partial charge in [-0.2, -0.15) is 0 Å². The quantitative estimate of drug-likeness (QED) is 0.703. The number of nitrogens with one attached hydrogen (secondary N) is 1. The maximum atomic E-state index is 5.94. The van der Waals surface area contributed by atoms with Gasteiger partial charge in [0.1, 0.15) is 0 Å². The Hall–Kier alpha value is -0.0800. The molecule has 1 fully saturated rings. The van der Waals surface area contributed by atoms with Crippen molar-refractivity contribution < 1.29 is 0 Å². The fourth-order valence-electron chi connectivity index (χ4n) is 2.69. The van der Waals surface area contributed by atoms with Crippen LogP contribution in [0.2, 0.25) is 0 Å². The van der Waals surface area contributed by atoms with Crippen LogP contribution in [0.5, 0.6) is 0 Å². The van der Waals surface area contributed by atoms with Crippen molar-refractivity contribution in [2.75, 3.05) is 13.1 Å². The monoisotopic (exact) mass is 184 g/mol. The van der Waals surface area contributed by atoms with E-state index in [0.717, 1.165) is 13.1 Å². The third-order valence-corrected chi connectivity index (χ3v) is 3.81. The highest BCUT2D eigenvalue weighted by atomic mass is 15.0. The summed E-state index contributed by atoms with van der Waals surface area (Å²) in [7, 11) is 0. The minimum Gasteiger partial charge on any atom is -0.329 e. The maximum absolute atomic E-state index is 5.94. The van der Waals surface area contributed by atoms with Crippen LogP contribution in [-0.2, 0) is 0 Å². The summed E-state index contributed by atoms with van der Waals surface area (Å²) in [5, 5.41) is 3.61. The molecule has 1 saturated carbocycles. The van der Waals surface area contributed by atoms with E-state index in [-0.39, 0.29) is 5.54 Å². The second-order valence-corrected chi connectivity index (χ2v) is 4.91. The fourth-order valence-corrected chi connectivity index (χ4v) is 2.69. The van der Waals surface area contributed by atoms with E-state index in [1.54, 1.807) is 0 Å². The molecule has 0 bridgehead atoms. The first-order valence-corrected chi connectivity index (χ1v) is 5.53. The van der Waals surface area contributed by atoms with E-state index in [0.29, 0.717) is 5.41 Å². The Balaban J connectivity index is 2.79. The number of nitrogens with two attached hydrogens (primary N) is 1. The zero-order valence-corrected chi connectivity index (χ0v) is 9.32. The standard InChI is InChI=1S/C11H24N2/c1-4-13-11(9-12)8-6-5-7-10(11,2)3/h13H,4-9,12H2,1-3H3. The van der Waals surface area contributed by atoms with E-state index in [2.05, 4.69) is 26.1 Å². The summed E-state index contributed by atoms with van der Waals surface area (Å²) in [6, 6.07) is 0. The van der Waals surface area contributed by atoms with Crippen molar-refractivity contribution in [2.24, 2.45) is 11.1 Å². The Bertz CT molecular complexity index is 161. The van der Waals surface area contributed by atoms with Crippen LogP contribution in [0.1, 0.15) is 46.5 Å². The lowest BCUT2D eigenvalue weighted by Crippen LogP contribution is -2.62. The van der Waals surface area contributed by atoms with Crippen molar-refractivity contribution in [1.82, 2.24) is 5.32 Å². The Morgan fingerprint density at radius 2 is 1.85 bits per heavy atom. The average molecular weight is 184 g/mol. The summed E-state index contributed by atoms with van der Waals surface area (Å²) < 4.78 is 0. The molecule has 0 spiro atoms. The molecule has 1 rings (SSSR count). The maximum Gasteiger partial charge on any atom is 0.0355 e. The van der Waals surface area contributed by atoms with E-state index in [1.165, 1.54) is 25.7 Å². The molecule has 1 unspecified atom stereocenters. The predicted molar refractivity (Wildman–Crippen MR) is 57.7 cm³/mol. The number of rotatable bonds is 3. The third-order valence-electron chi connectivity index (χ3n) is 3.81. The minimum atomic E-state index is 0.194. The number of likely N-dealkylation sites (N-methyl/N-ethyl adjacent to an activating group) is 1. The molecule has 13 heavy (non-hydrogen) atoms. The first-order chi connectivity index (χ1) is 6.08. The summed E-state index contributed by atoms with van der Waals surface area (Å²) in [5.74, 6) is 0. The van der Waals surface area contributed by atoms with Crippen molar-refractivity contribution in [3.63, 3.8) is 0 Å². The highest BCUT2D eigenvalue weighted by molar-refractivity contribution is 5.03. The molecule has 1 aliphatic rings. The van der Waals surface area contributed by atoms with Gasteiger partial charge in [0.2, 0.25) is 0 Å². The Labute approximate surface area is 82.3 Å². The number of hydrogen-bond acceptors (Lipinski definition) is 2. The molecule has 1 atom stereocenters. The van der Waals surface area contributed by atoms with Crippen LogP contribution in [-0.4, -0.2) is 18.6 Å². The normalized spacial score (nSPS) is 33.2. The number of hydrogen-bond donors (Lipinski definition) is 2. The average Bonchev–Trinajstić information content (AvgIpc) is 2.09. The van der Waals surface area contributed by atoms with Crippen LogP contribution >= 0.6 is 0 Å². The molecule has 0 aliphatic heterocycles. The molecule has 0 radical (unpaired) electrons. The Morgan fingerprint density at radius 1 is 1.23 bits per heavy atom. The Kier molecular flexibility index (Phi) is 3.36. The summed E-state index contributed by atoms with van der Waals surface area (Å²) in [5.41, 5.74) is 6.49. The third kappa shape index (κ3) is 1.89. The van der Waals surface area contributed by atoms with Gasteiger partial charge in [0.15, 0.2) is 0 Å². The van der Waals surface area contributed by atoms with Crippen LogP contribution in [0.25, 0.3) is 0 Å². The van der Waals surface area contributed by atoms with E-state index >= 15 is 0 Å². The van der Waals surface area contributed by atoms with E-state index in [1.807, 2.05) is 0 Å². The lowest BCUT2D eigenvalue weighted by Gasteiger charge is -2.50. The van der Waals surface area contributed by atoms with Crippen molar-refractivity contribution in [2.45, 2.75) is 52.0 Å². The summed E-state index contributed by atoms with van der Waals surface area (Å²) >= 11 is 0. The van der Waals surface area contributed by atoms with Gasteiger partial charge >= 0.3 is 0 Å². The first kappa shape index (κ1) is 11.0. The van der Waals surface area contributed by atoms with Crippen molar-refractivity contribution in [3.8, 4) is 0 Å². The van der Waals surface area contributed by atoms with Gasteiger partial charge in [0.25, 0.3) is 0 Å². The van der Waals surface area contributed by atoms with Crippen LogP contribution in [0.4, 0.5) is 0 Å². The van der Waals surface area contributed by atoms with Crippen LogP contribution < -0.4 is 11.1 Å². The zero-order valence-electron chi connectivity index (χ0n) is 9.32. The topological polar surface area (TPSA) is 38.0 Å². The van der Waals surface area contributed by atoms with Crippen LogP contribution in [0.15, 0.2) is 0 Å². The van der Waals surface area contributed by atoms with Crippen molar-refractivity contribution >= 4 is 0 Å². The van der Waals surface area contributed by atoms with E-state index in [4.69, 9.17) is 5.73 Å². The minimum absolute atomic E-state index is 0.194. The second kappa shape index (κ2) is 3.97. The zero-order chi connectivity index (χ0) is 9.95. The fraction of sp³-hybridized carbons (Fsp3) is 1.00. The molecular weight excluding hydrogens is 160 g/mol. The van der Waals surface area contributed by atoms with Gasteiger partial charge in [0, 0.05) is 12.1 Å². The molecule has 0 saturated heterocycles. The van der Waals surface area contributed by atoms with E-state index in [9.17, 15) is 0 Å². The van der Waals surface area contributed by atoms with Gasteiger partial charge in [-0.1, -0.05) is 33.6 Å². The molecule has 78 valence electrons. The summed E-state index contributed by atoms with van der Waals surface area (Å²) in [6.45, 7) is 8.67. The molecule has 1 aliphatic carbocycles. The summed E-state index contributed by atoms with van der Waals surface area (Å²) in [4.78, 5) is 0. The molecule has 0 heterocycles. The molecule has 0 aromatic rings. The lowest BCUT2D eigenvalue weighted by atomic mass is 9.63. The highest BCUT2D eigenvalue weighted by Crippen LogP contribution is 2.43. The van der Waals surface area contributed by atoms with Crippen LogP contribution in [0, 0.1) is 5.41 Å². The second-order valence-electron chi connectivity index (χ2n) is 4.91. The van der Waals surface area contributed by atoms with Gasteiger partial charge in [-0.15, -0.1) is 0 Å². The molecule has 2 nitrogen and oxygen atoms in total. The van der Waals surface area contributed by atoms with Gasteiger partial charge in [-0.3, -0.25) is 0 Å². The SMILES string of the molecule is CCNC1(CN)CCCCC1(C)C. The highest BCUT2D eigenvalue weighted by Gasteiger charge is 2.44. The van der Waals surface area contributed by atoms with Crippen LogP contribution in [0.3, 0.4) is 0 Å². The molecule has 0 aromatic carbocycles. The van der Waals surface area contributed by atoms with E-state index < -0.39 is 0 Å². The van der Waals surface area contributed by atoms with Gasteiger partial charge in [0.05, 0.1) is 0 Å². The molecule has 0 aromatic heterocycles. The molecule has 2 heteroatoms. The molecular formula is C11H24N2. The van der Waals surface area contributed by atoms with Crippen molar-refractivity contribution in [3.05, 3.63) is 0 Å². The molecule has 3 N–H and O–H groups in total. The smallest absolute Gasteiger partial charge is 0.0355 e. The predicted octanol–water partition coefficient (Wildman–Crippen LogP) is 1.89.